The number of ether oxygens (including phenoxy) is 2. The monoisotopic (exact) mass is 375 g/mol. The van der Waals surface area contributed by atoms with Gasteiger partial charge in [-0.15, -0.1) is 11.8 Å². The van der Waals surface area contributed by atoms with Crippen LogP contribution in [0.15, 0.2) is 53.4 Å². The van der Waals surface area contributed by atoms with E-state index in [2.05, 4.69) is 5.32 Å². The molecule has 1 aliphatic rings. The maximum atomic E-state index is 13.3. The fourth-order valence-electron chi connectivity index (χ4n) is 2.82. The van der Waals surface area contributed by atoms with Gasteiger partial charge in [0.25, 0.3) is 0 Å². The van der Waals surface area contributed by atoms with Gasteiger partial charge in [-0.25, -0.2) is 4.39 Å². The minimum Gasteiger partial charge on any atom is -0.488 e. The molecule has 2 unspecified atom stereocenters. The third kappa shape index (κ3) is 5.22. The number of benzene rings is 2. The van der Waals surface area contributed by atoms with E-state index in [-0.39, 0.29) is 23.9 Å². The Bertz CT molecular complexity index is 755. The van der Waals surface area contributed by atoms with E-state index in [4.69, 9.17) is 9.47 Å². The molecule has 138 valence electrons. The number of carbonyl (C=O) groups excluding carboxylic acids is 1. The zero-order chi connectivity index (χ0) is 18.4. The molecule has 2 aromatic carbocycles. The summed E-state index contributed by atoms with van der Waals surface area (Å²) in [4.78, 5) is 13.4. The molecular weight excluding hydrogens is 353 g/mol. The first kappa shape index (κ1) is 18.7. The predicted molar refractivity (Wildman–Crippen MR) is 100 cm³/mol. The lowest BCUT2D eigenvalue weighted by Crippen LogP contribution is -2.52. The molecule has 4 nitrogen and oxygen atoms in total. The van der Waals surface area contributed by atoms with Crippen molar-refractivity contribution in [1.82, 2.24) is 5.32 Å². The average molecular weight is 375 g/mol. The Morgan fingerprint density at radius 3 is 2.96 bits per heavy atom. The summed E-state index contributed by atoms with van der Waals surface area (Å²) in [6.07, 6.45) is 0.407. The van der Waals surface area contributed by atoms with Crippen LogP contribution >= 0.6 is 11.8 Å². The second-order valence-corrected chi connectivity index (χ2v) is 7.22. The average Bonchev–Trinajstić information content (AvgIpc) is 2.63. The van der Waals surface area contributed by atoms with Crippen LogP contribution in [0, 0.1) is 12.7 Å². The van der Waals surface area contributed by atoms with Gasteiger partial charge in [0.15, 0.2) is 0 Å². The lowest BCUT2D eigenvalue weighted by molar-refractivity contribution is -0.121. The Kier molecular flexibility index (Phi) is 6.52. The van der Waals surface area contributed by atoms with Gasteiger partial charge in [-0.1, -0.05) is 24.3 Å². The Balaban J connectivity index is 1.55. The van der Waals surface area contributed by atoms with Crippen LogP contribution in [0.4, 0.5) is 4.39 Å². The highest BCUT2D eigenvalue weighted by atomic mass is 32.2. The minimum absolute atomic E-state index is 0.0680. The molecule has 1 saturated heterocycles. The van der Waals surface area contributed by atoms with Gasteiger partial charge in [0, 0.05) is 17.4 Å². The van der Waals surface area contributed by atoms with Crippen molar-refractivity contribution in [3.05, 3.63) is 59.9 Å². The number of amides is 1. The molecule has 0 aromatic heterocycles. The predicted octanol–water partition coefficient (Wildman–Crippen LogP) is 3.58. The van der Waals surface area contributed by atoms with Crippen LogP contribution in [-0.4, -0.2) is 37.0 Å². The van der Waals surface area contributed by atoms with Crippen LogP contribution in [0.5, 0.6) is 5.75 Å². The van der Waals surface area contributed by atoms with Gasteiger partial charge in [0.05, 0.1) is 25.0 Å². The molecule has 0 spiro atoms. The van der Waals surface area contributed by atoms with Gasteiger partial charge in [-0.05, 0) is 30.7 Å². The van der Waals surface area contributed by atoms with Crippen molar-refractivity contribution in [2.24, 2.45) is 0 Å². The van der Waals surface area contributed by atoms with Crippen LogP contribution in [0.3, 0.4) is 0 Å². The largest absolute Gasteiger partial charge is 0.488 e. The number of rotatable bonds is 6. The van der Waals surface area contributed by atoms with E-state index in [1.807, 2.05) is 31.2 Å². The summed E-state index contributed by atoms with van der Waals surface area (Å²) in [5, 5.41) is 2.99. The number of nitrogens with one attached hydrogen (secondary N) is 1. The highest BCUT2D eigenvalue weighted by Gasteiger charge is 2.29. The number of aryl methyl sites for hydroxylation is 1. The molecule has 3 rings (SSSR count). The fourth-order valence-corrected chi connectivity index (χ4v) is 3.66. The summed E-state index contributed by atoms with van der Waals surface area (Å²) in [6.45, 7) is 2.98. The summed E-state index contributed by atoms with van der Waals surface area (Å²) in [6, 6.07) is 13.8. The molecule has 0 saturated carbocycles. The zero-order valence-electron chi connectivity index (χ0n) is 14.6. The van der Waals surface area contributed by atoms with Crippen LogP contribution in [-0.2, 0) is 9.53 Å². The van der Waals surface area contributed by atoms with Crippen LogP contribution in [0.25, 0.3) is 0 Å². The fraction of sp³-hybridized carbons (Fsp3) is 0.350. The van der Waals surface area contributed by atoms with E-state index < -0.39 is 0 Å². The number of thioether (sulfide) groups is 1. The molecule has 1 fully saturated rings. The van der Waals surface area contributed by atoms with Crippen LogP contribution < -0.4 is 10.1 Å². The Labute approximate surface area is 157 Å². The van der Waals surface area contributed by atoms with E-state index in [0.29, 0.717) is 31.1 Å². The van der Waals surface area contributed by atoms with Crippen molar-refractivity contribution in [3.63, 3.8) is 0 Å². The first-order chi connectivity index (χ1) is 12.6. The molecule has 1 aliphatic heterocycles. The van der Waals surface area contributed by atoms with E-state index in [1.165, 1.54) is 23.9 Å². The van der Waals surface area contributed by atoms with Gasteiger partial charge in [0.1, 0.15) is 17.7 Å². The van der Waals surface area contributed by atoms with Gasteiger partial charge < -0.3 is 14.8 Å². The molecule has 2 atom stereocenters. The quantitative estimate of drug-likeness (QED) is 0.784. The zero-order valence-corrected chi connectivity index (χ0v) is 15.4. The number of carbonyl (C=O) groups is 1. The molecule has 6 heteroatoms. The molecule has 0 aliphatic carbocycles. The molecule has 0 radical (unpaired) electrons. The third-order valence-electron chi connectivity index (χ3n) is 4.18. The van der Waals surface area contributed by atoms with E-state index in [1.54, 1.807) is 12.1 Å². The highest BCUT2D eigenvalue weighted by Crippen LogP contribution is 2.22. The summed E-state index contributed by atoms with van der Waals surface area (Å²) in [5.41, 5.74) is 1.15. The molecule has 26 heavy (non-hydrogen) atoms. The molecular formula is C20H22FNO3S. The molecule has 1 heterocycles. The lowest BCUT2D eigenvalue weighted by atomic mass is 10.1. The van der Waals surface area contributed by atoms with Crippen LogP contribution in [0.2, 0.25) is 0 Å². The normalized spacial score (nSPS) is 19.8. The number of hydrogen-bond acceptors (Lipinski definition) is 4. The lowest BCUT2D eigenvalue weighted by Gasteiger charge is -2.32. The number of hydrogen-bond donors (Lipinski definition) is 1. The van der Waals surface area contributed by atoms with Crippen LogP contribution in [0.1, 0.15) is 12.0 Å². The van der Waals surface area contributed by atoms with Crippen molar-refractivity contribution in [2.75, 3.05) is 19.0 Å². The summed E-state index contributed by atoms with van der Waals surface area (Å²) >= 11 is 1.51. The first-order valence-corrected chi connectivity index (χ1v) is 9.58. The maximum Gasteiger partial charge on any atom is 0.230 e. The van der Waals surface area contributed by atoms with Crippen molar-refractivity contribution < 1.29 is 18.7 Å². The minimum atomic E-state index is -0.343. The summed E-state index contributed by atoms with van der Waals surface area (Å²) < 4.78 is 24.7. The first-order valence-electron chi connectivity index (χ1n) is 8.59. The maximum absolute atomic E-state index is 13.3. The topological polar surface area (TPSA) is 47.6 Å². The molecule has 1 amide bonds. The van der Waals surface area contributed by atoms with Gasteiger partial charge in [0.2, 0.25) is 5.91 Å². The van der Waals surface area contributed by atoms with Crippen molar-refractivity contribution in [3.8, 4) is 5.75 Å². The summed E-state index contributed by atoms with van der Waals surface area (Å²) in [7, 11) is 0. The second kappa shape index (κ2) is 9.05. The number of halogens is 1. The van der Waals surface area contributed by atoms with Gasteiger partial charge in [-0.3, -0.25) is 4.79 Å². The smallest absolute Gasteiger partial charge is 0.230 e. The SMILES string of the molecule is Cc1ccccc1SCC(=O)NC1COCCC1Oc1cccc(F)c1. The Hall–Kier alpha value is -2.05. The van der Waals surface area contributed by atoms with Gasteiger partial charge >= 0.3 is 0 Å². The van der Waals surface area contributed by atoms with Gasteiger partial charge in [-0.2, -0.15) is 0 Å². The Morgan fingerprint density at radius 2 is 2.15 bits per heavy atom. The molecule has 1 N–H and O–H groups in total. The second-order valence-electron chi connectivity index (χ2n) is 6.21. The summed E-state index contributed by atoms with van der Waals surface area (Å²) in [5.74, 6) is 0.380. The Morgan fingerprint density at radius 1 is 1.31 bits per heavy atom. The molecule has 2 aromatic rings. The van der Waals surface area contributed by atoms with E-state index >= 15 is 0 Å². The molecule has 0 bridgehead atoms. The third-order valence-corrected chi connectivity index (χ3v) is 5.35. The van der Waals surface area contributed by atoms with Crippen molar-refractivity contribution in [1.29, 1.82) is 0 Å². The van der Waals surface area contributed by atoms with Crippen molar-refractivity contribution in [2.45, 2.75) is 30.4 Å². The van der Waals surface area contributed by atoms with E-state index in [0.717, 1.165) is 10.5 Å². The standard InChI is InChI=1S/C20H22FNO3S/c1-14-5-2-3-8-19(14)26-13-20(23)22-17-12-24-10-9-18(17)25-16-7-4-6-15(21)11-16/h2-8,11,17-18H,9-10,12-13H2,1H3,(H,22,23). The van der Waals surface area contributed by atoms with E-state index in [9.17, 15) is 9.18 Å². The van der Waals surface area contributed by atoms with Crippen molar-refractivity contribution >= 4 is 17.7 Å². The highest BCUT2D eigenvalue weighted by molar-refractivity contribution is 8.00.